The molecule has 0 atom stereocenters. The first kappa shape index (κ1) is 16.8. The Morgan fingerprint density at radius 2 is 2.09 bits per heavy atom. The van der Waals surface area contributed by atoms with E-state index in [1.807, 2.05) is 13.0 Å². The molecule has 2 rings (SSSR count). The summed E-state index contributed by atoms with van der Waals surface area (Å²) in [5.74, 6) is 0. The fraction of sp³-hybridized carbons (Fsp3) is 0.118. The molecule has 23 heavy (non-hydrogen) atoms. The van der Waals surface area contributed by atoms with Crippen molar-refractivity contribution in [2.75, 3.05) is 0 Å². The first-order valence-corrected chi connectivity index (χ1v) is 7.72. The molecule has 0 saturated heterocycles. The zero-order valence-corrected chi connectivity index (χ0v) is 13.7. The highest BCUT2D eigenvalue weighted by Crippen LogP contribution is 2.38. The van der Waals surface area contributed by atoms with Gasteiger partial charge in [-0.05, 0) is 19.1 Å². The molecule has 1 heterocycles. The Hall–Kier alpha value is -2.60. The maximum Gasteiger partial charge on any atom is 0.348 e. The Kier molecular flexibility index (Phi) is 5.18. The number of thioether (sulfide) groups is 1. The number of para-hydroxylation sites is 1. The summed E-state index contributed by atoms with van der Waals surface area (Å²) in [5.41, 5.74) is -0.351. The molecule has 0 unspecified atom stereocenters. The second-order valence-electron chi connectivity index (χ2n) is 4.70. The largest absolute Gasteiger partial charge is 0.348 e. The van der Waals surface area contributed by atoms with Crippen molar-refractivity contribution in [3.05, 3.63) is 80.5 Å². The molecule has 0 fully saturated rings. The van der Waals surface area contributed by atoms with Crippen molar-refractivity contribution in [1.82, 2.24) is 4.57 Å². The Labute approximate surface area is 137 Å². The second kappa shape index (κ2) is 7.11. The minimum Gasteiger partial charge on any atom is -0.305 e. The maximum atomic E-state index is 12.4. The van der Waals surface area contributed by atoms with Crippen LogP contribution in [-0.4, -0.2) is 9.49 Å². The van der Waals surface area contributed by atoms with Crippen LogP contribution in [-0.2, 0) is 7.05 Å². The van der Waals surface area contributed by atoms with E-state index in [0.717, 1.165) is 4.91 Å². The highest BCUT2D eigenvalue weighted by atomic mass is 32.2. The molecule has 0 saturated carbocycles. The molecular formula is C17H16N2O3S. The van der Waals surface area contributed by atoms with Crippen molar-refractivity contribution in [2.45, 2.75) is 11.8 Å². The predicted octanol–water partition coefficient (Wildman–Crippen LogP) is 4.18. The van der Waals surface area contributed by atoms with Crippen LogP contribution in [0.2, 0.25) is 0 Å². The van der Waals surface area contributed by atoms with Crippen molar-refractivity contribution in [3.63, 3.8) is 0 Å². The van der Waals surface area contributed by atoms with Crippen LogP contribution in [0.1, 0.15) is 6.92 Å². The number of allylic oxidation sites excluding steroid dienone is 4. The highest BCUT2D eigenvalue weighted by Gasteiger charge is 2.25. The van der Waals surface area contributed by atoms with Crippen molar-refractivity contribution in [3.8, 4) is 0 Å². The van der Waals surface area contributed by atoms with Gasteiger partial charge in [0.05, 0.1) is 10.4 Å². The van der Waals surface area contributed by atoms with E-state index in [4.69, 9.17) is 0 Å². The number of fused-ring (bicyclic) bond motifs is 1. The molecule has 0 spiro atoms. The number of aromatic nitrogens is 1. The number of hydrogen-bond acceptors (Lipinski definition) is 4. The van der Waals surface area contributed by atoms with E-state index in [1.54, 1.807) is 49.5 Å². The molecule has 1 aromatic carbocycles. The summed E-state index contributed by atoms with van der Waals surface area (Å²) in [6, 6.07) is 7.17. The monoisotopic (exact) mass is 328 g/mol. The van der Waals surface area contributed by atoms with Crippen molar-refractivity contribution in [2.24, 2.45) is 7.05 Å². The molecule has 0 aliphatic heterocycles. The van der Waals surface area contributed by atoms with E-state index < -0.39 is 16.2 Å². The number of hydrogen-bond donors (Lipinski definition) is 0. The van der Waals surface area contributed by atoms with Crippen LogP contribution in [0, 0.1) is 10.1 Å². The quantitative estimate of drug-likeness (QED) is 0.357. The first-order valence-electron chi connectivity index (χ1n) is 6.90. The standard InChI is InChI=1S/C17H16N2O3S/c1-4-6-9-12(5-2)23-16-13-10-7-8-11-14(13)18(3)17(20)15(16)19(21)22/h4-11H,1H2,2-3H3. The number of nitro groups is 1. The van der Waals surface area contributed by atoms with Gasteiger partial charge in [-0.2, -0.15) is 0 Å². The van der Waals surface area contributed by atoms with Gasteiger partial charge in [0.15, 0.2) is 0 Å². The molecule has 2 aromatic rings. The van der Waals surface area contributed by atoms with Gasteiger partial charge >= 0.3 is 11.2 Å². The van der Waals surface area contributed by atoms with E-state index >= 15 is 0 Å². The molecule has 0 N–H and O–H groups in total. The lowest BCUT2D eigenvalue weighted by atomic mass is 10.2. The lowest BCUT2D eigenvalue weighted by Gasteiger charge is -2.11. The summed E-state index contributed by atoms with van der Waals surface area (Å²) >= 11 is 1.21. The van der Waals surface area contributed by atoms with Gasteiger partial charge in [0.2, 0.25) is 0 Å². The average Bonchev–Trinajstić information content (AvgIpc) is 2.55. The fourth-order valence-corrected chi connectivity index (χ4v) is 3.23. The topological polar surface area (TPSA) is 65.1 Å². The third-order valence-electron chi connectivity index (χ3n) is 3.32. The van der Waals surface area contributed by atoms with Crippen LogP contribution >= 0.6 is 11.8 Å². The molecule has 0 bridgehead atoms. The summed E-state index contributed by atoms with van der Waals surface area (Å²) in [5, 5.41) is 12.1. The molecule has 0 aliphatic rings. The molecule has 1 aromatic heterocycles. The van der Waals surface area contributed by atoms with Gasteiger partial charge in [0.1, 0.15) is 4.90 Å². The maximum absolute atomic E-state index is 12.4. The van der Waals surface area contributed by atoms with Gasteiger partial charge < -0.3 is 4.57 Å². The minimum atomic E-state index is -0.612. The van der Waals surface area contributed by atoms with Crippen LogP contribution in [0.3, 0.4) is 0 Å². The number of pyridine rings is 1. The van der Waals surface area contributed by atoms with E-state index in [2.05, 4.69) is 6.58 Å². The summed E-state index contributed by atoms with van der Waals surface area (Å²) in [7, 11) is 1.54. The normalized spacial score (nSPS) is 12.0. The predicted molar refractivity (Wildman–Crippen MR) is 94.8 cm³/mol. The van der Waals surface area contributed by atoms with Gasteiger partial charge in [0.25, 0.3) is 0 Å². The molecule has 6 heteroatoms. The summed E-state index contributed by atoms with van der Waals surface area (Å²) in [6.45, 7) is 5.45. The second-order valence-corrected chi connectivity index (χ2v) is 5.79. The summed E-state index contributed by atoms with van der Waals surface area (Å²) < 4.78 is 1.31. The molecule has 0 aliphatic carbocycles. The smallest absolute Gasteiger partial charge is 0.305 e. The number of benzene rings is 1. The van der Waals surface area contributed by atoms with Crippen LogP contribution in [0.4, 0.5) is 5.69 Å². The van der Waals surface area contributed by atoms with Gasteiger partial charge in [-0.15, -0.1) is 0 Å². The zero-order chi connectivity index (χ0) is 17.0. The molecule has 0 radical (unpaired) electrons. The fourth-order valence-electron chi connectivity index (χ4n) is 2.19. The van der Waals surface area contributed by atoms with E-state index in [0.29, 0.717) is 15.8 Å². The molecular weight excluding hydrogens is 312 g/mol. The first-order chi connectivity index (χ1) is 11.0. The zero-order valence-electron chi connectivity index (χ0n) is 12.9. The third-order valence-corrected chi connectivity index (χ3v) is 4.54. The van der Waals surface area contributed by atoms with Gasteiger partial charge in [-0.25, -0.2) is 0 Å². The van der Waals surface area contributed by atoms with E-state index in [1.165, 1.54) is 16.3 Å². The number of nitrogens with zero attached hydrogens (tertiary/aromatic N) is 2. The van der Waals surface area contributed by atoms with Gasteiger partial charge in [-0.3, -0.25) is 14.9 Å². The highest BCUT2D eigenvalue weighted by molar-refractivity contribution is 8.03. The number of rotatable bonds is 5. The van der Waals surface area contributed by atoms with Crippen LogP contribution in [0.15, 0.2) is 69.7 Å². The van der Waals surface area contributed by atoms with E-state index in [9.17, 15) is 14.9 Å². The lowest BCUT2D eigenvalue weighted by molar-refractivity contribution is -0.389. The Balaban J connectivity index is 2.79. The molecule has 5 nitrogen and oxygen atoms in total. The Bertz CT molecular complexity index is 895. The van der Waals surface area contributed by atoms with Crippen molar-refractivity contribution < 1.29 is 4.92 Å². The average molecular weight is 328 g/mol. The van der Waals surface area contributed by atoms with Crippen molar-refractivity contribution in [1.29, 1.82) is 0 Å². The Morgan fingerprint density at radius 1 is 1.39 bits per heavy atom. The molecule has 118 valence electrons. The third kappa shape index (κ3) is 3.27. The van der Waals surface area contributed by atoms with E-state index in [-0.39, 0.29) is 0 Å². The molecule has 0 amide bonds. The SMILES string of the molecule is C=CC=CC(=CC)Sc1c([N+](=O)[O-])c(=O)n(C)c2ccccc12. The lowest BCUT2D eigenvalue weighted by Crippen LogP contribution is -2.21. The minimum absolute atomic E-state index is 0.357. The summed E-state index contributed by atoms with van der Waals surface area (Å²) in [4.78, 5) is 24.4. The summed E-state index contributed by atoms with van der Waals surface area (Å²) in [6.07, 6.45) is 7.01. The van der Waals surface area contributed by atoms with Gasteiger partial charge in [-0.1, -0.05) is 54.8 Å². The van der Waals surface area contributed by atoms with Crippen LogP contribution in [0.25, 0.3) is 10.9 Å². The van der Waals surface area contributed by atoms with Crippen LogP contribution in [0.5, 0.6) is 0 Å². The van der Waals surface area contributed by atoms with Crippen molar-refractivity contribution >= 4 is 28.4 Å². The Morgan fingerprint density at radius 3 is 2.70 bits per heavy atom. The van der Waals surface area contributed by atoms with Crippen LogP contribution < -0.4 is 5.56 Å². The van der Waals surface area contributed by atoms with Gasteiger partial charge in [0, 0.05) is 17.3 Å². The number of aryl methyl sites for hydroxylation is 1.